The number of carbonyl (C=O) groups is 2. The molecule has 4 aliphatic carbocycles. The van der Waals surface area contributed by atoms with Crippen LogP contribution in [-0.4, -0.2) is 40.0 Å². The molecule has 0 saturated heterocycles. The van der Waals surface area contributed by atoms with E-state index >= 15 is 0 Å². The van der Waals surface area contributed by atoms with E-state index in [1.807, 2.05) is 13.0 Å². The fourth-order valence-corrected chi connectivity index (χ4v) is 6.96. The molecule has 2 unspecified atom stereocenters. The summed E-state index contributed by atoms with van der Waals surface area (Å²) in [4.78, 5) is 24.3. The molecule has 5 nitrogen and oxygen atoms in total. The van der Waals surface area contributed by atoms with Crippen LogP contribution in [0.4, 0.5) is 0 Å². The Kier molecular flexibility index (Phi) is 3.89. The summed E-state index contributed by atoms with van der Waals surface area (Å²) in [5.74, 6) is 0.137. The number of hydrogen-bond acceptors (Lipinski definition) is 5. The largest absolute Gasteiger partial charge is 0.393 e. The summed E-state index contributed by atoms with van der Waals surface area (Å²) >= 11 is 0. The van der Waals surface area contributed by atoms with Gasteiger partial charge in [-0.1, -0.05) is 25.5 Å². The molecule has 3 fully saturated rings. The van der Waals surface area contributed by atoms with Crippen molar-refractivity contribution in [3.63, 3.8) is 0 Å². The van der Waals surface area contributed by atoms with Crippen LogP contribution in [0.3, 0.4) is 0 Å². The first-order valence-corrected chi connectivity index (χ1v) is 9.75. The van der Waals surface area contributed by atoms with Crippen molar-refractivity contribution >= 4 is 11.6 Å². The van der Waals surface area contributed by atoms with Gasteiger partial charge in [0.25, 0.3) is 0 Å². The van der Waals surface area contributed by atoms with Crippen molar-refractivity contribution in [2.24, 2.45) is 34.3 Å². The minimum atomic E-state index is -1.44. The highest BCUT2D eigenvalue weighted by atomic mass is 16.3. The summed E-state index contributed by atoms with van der Waals surface area (Å²) in [6.07, 6.45) is 8.02. The molecule has 0 amide bonds. The first-order valence-electron chi connectivity index (χ1n) is 9.75. The fraction of sp³-hybridized carbons (Fsp3) is 0.714. The molecular weight excluding hydrogens is 330 g/mol. The number of hydrogen-bond donors (Lipinski definition) is 3. The smallest absolute Gasteiger partial charge is 0.178 e. The van der Waals surface area contributed by atoms with Gasteiger partial charge in [0, 0.05) is 16.7 Å². The monoisotopic (exact) mass is 359 g/mol. The average molecular weight is 359 g/mol. The highest BCUT2D eigenvalue weighted by Crippen LogP contribution is 2.66. The van der Waals surface area contributed by atoms with Gasteiger partial charge in [0.1, 0.15) is 5.60 Å². The molecule has 0 aromatic carbocycles. The van der Waals surface area contributed by atoms with Crippen LogP contribution < -0.4 is 5.73 Å². The molecule has 4 rings (SSSR count). The maximum Gasteiger partial charge on any atom is 0.178 e. The second-order valence-corrected chi connectivity index (χ2v) is 9.24. The van der Waals surface area contributed by atoms with Gasteiger partial charge in [0.05, 0.1) is 12.6 Å². The van der Waals surface area contributed by atoms with Gasteiger partial charge in [-0.05, 0) is 56.1 Å². The number of allylic oxidation sites excluding steroid dienone is 4. The van der Waals surface area contributed by atoms with Gasteiger partial charge in [-0.25, -0.2) is 0 Å². The van der Waals surface area contributed by atoms with Crippen LogP contribution in [0.1, 0.15) is 46.0 Å². The number of fused-ring (bicyclic) bond motifs is 5. The van der Waals surface area contributed by atoms with Gasteiger partial charge in [-0.3, -0.25) is 9.59 Å². The Balaban J connectivity index is 1.75. The van der Waals surface area contributed by atoms with E-state index in [0.29, 0.717) is 12.8 Å². The van der Waals surface area contributed by atoms with Gasteiger partial charge >= 0.3 is 0 Å². The third-order valence-electron chi connectivity index (χ3n) is 8.29. The van der Waals surface area contributed by atoms with Crippen LogP contribution in [0.5, 0.6) is 0 Å². The maximum absolute atomic E-state index is 12.5. The minimum absolute atomic E-state index is 0.0141. The second-order valence-electron chi connectivity index (χ2n) is 9.24. The van der Waals surface area contributed by atoms with Crippen LogP contribution >= 0.6 is 0 Å². The van der Waals surface area contributed by atoms with Crippen molar-refractivity contribution in [2.75, 3.05) is 6.54 Å². The zero-order valence-electron chi connectivity index (χ0n) is 15.6. The number of carbonyl (C=O) groups excluding carboxylic acids is 2. The Morgan fingerprint density at radius 1 is 1.35 bits per heavy atom. The molecule has 0 spiro atoms. The maximum atomic E-state index is 12.5. The van der Waals surface area contributed by atoms with Gasteiger partial charge in [-0.15, -0.1) is 0 Å². The summed E-state index contributed by atoms with van der Waals surface area (Å²) in [6, 6.07) is 0. The lowest BCUT2D eigenvalue weighted by Crippen LogP contribution is -2.62. The van der Waals surface area contributed by atoms with E-state index in [-0.39, 0.29) is 41.3 Å². The van der Waals surface area contributed by atoms with E-state index < -0.39 is 17.1 Å². The van der Waals surface area contributed by atoms with Crippen LogP contribution in [-0.2, 0) is 9.59 Å². The lowest BCUT2D eigenvalue weighted by Gasteiger charge is -2.59. The van der Waals surface area contributed by atoms with Crippen molar-refractivity contribution in [2.45, 2.75) is 57.7 Å². The lowest BCUT2D eigenvalue weighted by atomic mass is 9.46. The molecule has 0 heterocycles. The minimum Gasteiger partial charge on any atom is -0.393 e. The SMILES string of the molecule is CC12C=CC(=O)C=C1CC[C@@H]1[C@@H]2[C@@H](O)CC2(C)[C@H]1CC[C@]2(O)C(=O)CN. The molecule has 0 aliphatic heterocycles. The standard InChI is InChI=1S/C21H29NO4/c1-19-7-5-13(23)9-12(19)3-4-14-15-6-8-21(26,17(25)11-22)20(15,2)10-16(24)18(14)19/h5,7,9,14-16,18,24,26H,3-4,6,8,10-11,22H2,1-2H3/t14-,15-,16-,18+,19?,20?,21-/m0/s1. The summed E-state index contributed by atoms with van der Waals surface area (Å²) in [5.41, 5.74) is 4.29. The number of nitrogens with two attached hydrogens (primary N) is 1. The van der Waals surface area contributed by atoms with Crippen molar-refractivity contribution in [3.8, 4) is 0 Å². The number of ketones is 2. The molecule has 0 bridgehead atoms. The average Bonchev–Trinajstić information content (AvgIpc) is 2.86. The molecule has 4 aliphatic rings. The predicted octanol–water partition coefficient (Wildman–Crippen LogP) is 1.52. The van der Waals surface area contributed by atoms with E-state index in [9.17, 15) is 19.8 Å². The zero-order valence-corrected chi connectivity index (χ0v) is 15.6. The van der Waals surface area contributed by atoms with Gasteiger partial charge < -0.3 is 15.9 Å². The summed E-state index contributed by atoms with van der Waals surface area (Å²) in [5, 5.41) is 22.4. The Hall–Kier alpha value is -1.30. The fourth-order valence-electron chi connectivity index (χ4n) is 6.96. The van der Waals surface area contributed by atoms with Crippen molar-refractivity contribution in [1.82, 2.24) is 0 Å². The Morgan fingerprint density at radius 2 is 2.08 bits per heavy atom. The normalized spacial score (nSPS) is 49.9. The van der Waals surface area contributed by atoms with Crippen molar-refractivity contribution in [1.29, 1.82) is 0 Å². The molecule has 4 N–H and O–H groups in total. The first-order chi connectivity index (χ1) is 12.2. The Bertz CT molecular complexity index is 728. The molecule has 0 aromatic heterocycles. The molecule has 7 atom stereocenters. The quantitative estimate of drug-likeness (QED) is 0.694. The molecule has 142 valence electrons. The molecule has 0 aromatic rings. The Morgan fingerprint density at radius 3 is 2.77 bits per heavy atom. The van der Waals surface area contributed by atoms with Crippen LogP contribution in [0, 0.1) is 28.6 Å². The number of aliphatic hydroxyl groups is 2. The van der Waals surface area contributed by atoms with E-state index in [2.05, 4.69) is 6.92 Å². The number of rotatable bonds is 2. The first kappa shape index (κ1) is 18.1. The summed E-state index contributed by atoms with van der Waals surface area (Å²) < 4.78 is 0. The molecule has 5 heteroatoms. The third-order valence-corrected chi connectivity index (χ3v) is 8.29. The van der Waals surface area contributed by atoms with Crippen LogP contribution in [0.2, 0.25) is 0 Å². The lowest BCUT2D eigenvalue weighted by molar-refractivity contribution is -0.175. The zero-order chi connectivity index (χ0) is 18.9. The highest BCUT2D eigenvalue weighted by molar-refractivity contribution is 6.01. The van der Waals surface area contributed by atoms with E-state index in [0.717, 1.165) is 24.8 Å². The van der Waals surface area contributed by atoms with Gasteiger partial charge in [-0.2, -0.15) is 0 Å². The van der Waals surface area contributed by atoms with Crippen molar-refractivity contribution in [3.05, 3.63) is 23.8 Å². The predicted molar refractivity (Wildman–Crippen MR) is 97.0 cm³/mol. The van der Waals surface area contributed by atoms with Crippen molar-refractivity contribution < 1.29 is 19.8 Å². The van der Waals surface area contributed by atoms with E-state index in [1.165, 1.54) is 0 Å². The Labute approximate surface area is 154 Å². The summed E-state index contributed by atoms with van der Waals surface area (Å²) in [7, 11) is 0. The highest BCUT2D eigenvalue weighted by Gasteiger charge is 2.67. The summed E-state index contributed by atoms with van der Waals surface area (Å²) in [6.45, 7) is 3.92. The molecule has 3 saturated carbocycles. The second kappa shape index (κ2) is 5.60. The van der Waals surface area contributed by atoms with Gasteiger partial charge in [0.2, 0.25) is 0 Å². The molecule has 0 radical (unpaired) electrons. The van der Waals surface area contributed by atoms with Crippen LogP contribution in [0.15, 0.2) is 23.8 Å². The molecular formula is C21H29NO4. The number of aliphatic hydroxyl groups excluding tert-OH is 1. The topological polar surface area (TPSA) is 101 Å². The van der Waals surface area contributed by atoms with Gasteiger partial charge in [0.15, 0.2) is 11.6 Å². The third kappa shape index (κ3) is 2.08. The van der Waals surface area contributed by atoms with E-state index in [4.69, 9.17) is 5.73 Å². The number of Topliss-reactive ketones (excluding diaryl/α,β-unsaturated/α-hetero) is 1. The molecule has 26 heavy (non-hydrogen) atoms. The van der Waals surface area contributed by atoms with E-state index in [1.54, 1.807) is 12.2 Å². The van der Waals surface area contributed by atoms with Crippen LogP contribution in [0.25, 0.3) is 0 Å².